The summed E-state index contributed by atoms with van der Waals surface area (Å²) in [5, 5.41) is 4.01. The number of amides is 1. The number of nitrogens with one attached hydrogen (secondary N) is 1. The van der Waals surface area contributed by atoms with Crippen LogP contribution in [0, 0.1) is 13.8 Å². The van der Waals surface area contributed by atoms with E-state index in [-0.39, 0.29) is 17.2 Å². The van der Waals surface area contributed by atoms with Crippen molar-refractivity contribution >= 4 is 34.3 Å². The first kappa shape index (κ1) is 17.2. The molecule has 1 N–H and O–H groups in total. The van der Waals surface area contributed by atoms with Crippen LogP contribution in [-0.4, -0.2) is 21.2 Å². The van der Waals surface area contributed by atoms with Gasteiger partial charge in [0.15, 0.2) is 5.16 Å². The van der Waals surface area contributed by atoms with E-state index in [9.17, 15) is 9.59 Å². The lowest BCUT2D eigenvalue weighted by molar-refractivity contribution is -0.113. The number of hydrogen-bond donors (Lipinski definition) is 1. The van der Waals surface area contributed by atoms with Crippen LogP contribution < -0.4 is 10.9 Å². The highest BCUT2D eigenvalue weighted by molar-refractivity contribution is 7.99. The summed E-state index contributed by atoms with van der Waals surface area (Å²) < 4.78 is 1.48. The Kier molecular flexibility index (Phi) is 4.90. The molecule has 0 saturated heterocycles. The lowest BCUT2D eigenvalue weighted by Crippen LogP contribution is -2.21. The van der Waals surface area contributed by atoms with Crippen LogP contribution in [0.1, 0.15) is 11.1 Å². The van der Waals surface area contributed by atoms with Crippen molar-refractivity contribution in [1.82, 2.24) is 9.55 Å². The van der Waals surface area contributed by atoms with E-state index in [1.165, 1.54) is 16.3 Å². The predicted molar refractivity (Wildman–Crippen MR) is 102 cm³/mol. The smallest absolute Gasteiger partial charge is 0.261 e. The van der Waals surface area contributed by atoms with Crippen molar-refractivity contribution in [3.05, 3.63) is 63.9 Å². The molecule has 0 atom stereocenters. The quantitative estimate of drug-likeness (QED) is 0.577. The molecule has 0 radical (unpaired) electrons. The number of hydrogen-bond acceptors (Lipinski definition) is 4. The summed E-state index contributed by atoms with van der Waals surface area (Å²) in [4.78, 5) is 29.1. The van der Waals surface area contributed by atoms with Crippen LogP contribution in [-0.2, 0) is 11.8 Å². The van der Waals surface area contributed by atoms with Gasteiger partial charge in [-0.15, -0.1) is 0 Å². The van der Waals surface area contributed by atoms with Crippen LogP contribution >= 0.6 is 11.8 Å². The van der Waals surface area contributed by atoms with Gasteiger partial charge in [0.2, 0.25) is 5.91 Å². The van der Waals surface area contributed by atoms with E-state index >= 15 is 0 Å². The molecule has 2 aromatic carbocycles. The second kappa shape index (κ2) is 7.11. The van der Waals surface area contributed by atoms with Crippen LogP contribution in [0.3, 0.4) is 0 Å². The van der Waals surface area contributed by atoms with Crippen LogP contribution in [0.15, 0.2) is 52.4 Å². The molecule has 1 amide bonds. The van der Waals surface area contributed by atoms with Crippen LogP contribution in [0.4, 0.5) is 5.69 Å². The molecule has 5 nitrogen and oxygen atoms in total. The van der Waals surface area contributed by atoms with E-state index in [0.717, 1.165) is 16.8 Å². The minimum absolute atomic E-state index is 0.108. The molecule has 0 bridgehead atoms. The zero-order valence-electron chi connectivity index (χ0n) is 14.4. The van der Waals surface area contributed by atoms with E-state index in [1.54, 1.807) is 19.2 Å². The van der Waals surface area contributed by atoms with Crippen molar-refractivity contribution in [2.75, 3.05) is 11.1 Å². The van der Waals surface area contributed by atoms with E-state index in [2.05, 4.69) is 10.3 Å². The molecule has 0 aliphatic rings. The number of benzene rings is 2. The number of carbonyl (C=O) groups is 1. The molecule has 25 heavy (non-hydrogen) atoms. The number of para-hydroxylation sites is 1. The van der Waals surface area contributed by atoms with Crippen molar-refractivity contribution in [3.63, 3.8) is 0 Å². The summed E-state index contributed by atoms with van der Waals surface area (Å²) >= 11 is 1.25. The third kappa shape index (κ3) is 3.74. The molecule has 0 spiro atoms. The van der Waals surface area contributed by atoms with Crippen molar-refractivity contribution < 1.29 is 4.79 Å². The average molecular weight is 353 g/mol. The maximum absolute atomic E-state index is 12.4. The van der Waals surface area contributed by atoms with E-state index in [0.29, 0.717) is 16.1 Å². The minimum Gasteiger partial charge on any atom is -0.325 e. The van der Waals surface area contributed by atoms with Crippen LogP contribution in [0.5, 0.6) is 0 Å². The Hall–Kier alpha value is -2.60. The minimum atomic E-state index is -0.126. The van der Waals surface area contributed by atoms with Gasteiger partial charge in [-0.25, -0.2) is 4.98 Å². The number of thioether (sulfide) groups is 1. The normalized spacial score (nSPS) is 10.8. The number of carbonyl (C=O) groups excluding carboxylic acids is 1. The average Bonchev–Trinajstić information content (AvgIpc) is 2.59. The largest absolute Gasteiger partial charge is 0.325 e. The highest BCUT2D eigenvalue weighted by atomic mass is 32.2. The fourth-order valence-corrected chi connectivity index (χ4v) is 3.37. The Labute approximate surface area is 150 Å². The molecule has 3 aromatic rings. The molecule has 1 aromatic heterocycles. The molecular formula is C19H19N3O2S. The molecule has 6 heteroatoms. The molecular weight excluding hydrogens is 334 g/mol. The van der Waals surface area contributed by atoms with Gasteiger partial charge in [0.25, 0.3) is 5.56 Å². The fraction of sp³-hybridized carbons (Fsp3) is 0.211. The van der Waals surface area contributed by atoms with Gasteiger partial charge in [0.05, 0.1) is 16.7 Å². The van der Waals surface area contributed by atoms with E-state index in [1.807, 2.05) is 44.2 Å². The second-order valence-corrected chi connectivity index (χ2v) is 6.87. The van der Waals surface area contributed by atoms with Gasteiger partial charge in [0, 0.05) is 12.7 Å². The van der Waals surface area contributed by atoms with Crippen molar-refractivity contribution in [3.8, 4) is 0 Å². The third-order valence-electron chi connectivity index (χ3n) is 3.93. The lowest BCUT2D eigenvalue weighted by Gasteiger charge is -2.10. The first-order chi connectivity index (χ1) is 12.0. The topological polar surface area (TPSA) is 64.0 Å². The Morgan fingerprint density at radius 2 is 1.96 bits per heavy atom. The molecule has 0 unspecified atom stereocenters. The van der Waals surface area contributed by atoms with Gasteiger partial charge >= 0.3 is 0 Å². The van der Waals surface area contributed by atoms with Crippen LogP contribution in [0.25, 0.3) is 10.9 Å². The third-order valence-corrected chi connectivity index (χ3v) is 4.96. The van der Waals surface area contributed by atoms with Gasteiger partial charge in [-0.1, -0.05) is 41.6 Å². The predicted octanol–water partition coefficient (Wildman–Crippen LogP) is 3.28. The molecule has 0 aliphatic heterocycles. The summed E-state index contributed by atoms with van der Waals surface area (Å²) in [6.07, 6.45) is 0. The van der Waals surface area contributed by atoms with E-state index < -0.39 is 0 Å². The Morgan fingerprint density at radius 3 is 2.72 bits per heavy atom. The number of anilines is 1. The van der Waals surface area contributed by atoms with E-state index in [4.69, 9.17) is 0 Å². The maximum Gasteiger partial charge on any atom is 0.261 e. The molecule has 0 aliphatic carbocycles. The molecule has 1 heterocycles. The SMILES string of the molecule is Cc1ccc(NC(=O)CSc2nc3ccccc3c(=O)n2C)c(C)c1. The summed E-state index contributed by atoms with van der Waals surface area (Å²) in [7, 11) is 1.67. The standard InChI is InChI=1S/C19H19N3O2S/c1-12-8-9-15(13(2)10-12)20-17(23)11-25-19-21-16-7-5-4-6-14(16)18(24)22(19)3/h4-10H,11H2,1-3H3,(H,20,23). The highest BCUT2D eigenvalue weighted by Gasteiger charge is 2.11. The van der Waals surface area contributed by atoms with Crippen LogP contribution in [0.2, 0.25) is 0 Å². The van der Waals surface area contributed by atoms with Gasteiger partial charge in [-0.3, -0.25) is 14.2 Å². The Balaban J connectivity index is 1.75. The maximum atomic E-state index is 12.4. The summed E-state index contributed by atoms with van der Waals surface area (Å²) in [6.45, 7) is 3.98. The van der Waals surface area contributed by atoms with Gasteiger partial charge in [-0.05, 0) is 37.6 Å². The van der Waals surface area contributed by atoms with Crippen molar-refractivity contribution in [2.24, 2.45) is 7.05 Å². The number of aryl methyl sites for hydroxylation is 2. The zero-order valence-corrected chi connectivity index (χ0v) is 15.2. The van der Waals surface area contributed by atoms with Crippen molar-refractivity contribution in [2.45, 2.75) is 19.0 Å². The molecule has 0 saturated carbocycles. The van der Waals surface area contributed by atoms with Gasteiger partial charge in [0.1, 0.15) is 0 Å². The number of nitrogens with zero attached hydrogens (tertiary/aromatic N) is 2. The summed E-state index contributed by atoms with van der Waals surface area (Å²) in [6, 6.07) is 13.1. The first-order valence-corrected chi connectivity index (χ1v) is 8.90. The van der Waals surface area contributed by atoms with Crippen molar-refractivity contribution in [1.29, 1.82) is 0 Å². The summed E-state index contributed by atoms with van der Waals surface area (Å²) in [5.41, 5.74) is 3.51. The Morgan fingerprint density at radius 1 is 1.20 bits per heavy atom. The molecule has 128 valence electrons. The number of rotatable bonds is 4. The van der Waals surface area contributed by atoms with Gasteiger partial charge in [-0.2, -0.15) is 0 Å². The van der Waals surface area contributed by atoms with Gasteiger partial charge < -0.3 is 5.32 Å². The first-order valence-electron chi connectivity index (χ1n) is 7.91. The highest BCUT2D eigenvalue weighted by Crippen LogP contribution is 2.19. The summed E-state index contributed by atoms with van der Waals surface area (Å²) in [5.74, 6) is 0.0609. The lowest BCUT2D eigenvalue weighted by atomic mass is 10.1. The Bertz CT molecular complexity index is 1010. The fourth-order valence-electron chi connectivity index (χ4n) is 2.60. The molecule has 0 fully saturated rings. The zero-order chi connectivity index (χ0) is 18.0. The second-order valence-electron chi connectivity index (χ2n) is 5.93. The number of aromatic nitrogens is 2. The number of fused-ring (bicyclic) bond motifs is 1. The monoisotopic (exact) mass is 353 g/mol. The molecule has 3 rings (SSSR count).